The van der Waals surface area contributed by atoms with Gasteiger partial charge in [-0.15, -0.1) is 0 Å². The lowest BCUT2D eigenvalue weighted by atomic mass is 10.2. The van der Waals surface area contributed by atoms with E-state index >= 15 is 0 Å². The number of nitrogens with zero attached hydrogens (tertiary/aromatic N) is 4. The van der Waals surface area contributed by atoms with Gasteiger partial charge in [0.2, 0.25) is 0 Å². The first-order chi connectivity index (χ1) is 12.2. The molecule has 4 heteroatoms. The minimum atomic E-state index is 0.407. The minimum absolute atomic E-state index is 0.407. The van der Waals surface area contributed by atoms with Crippen LogP contribution in [0, 0.1) is 0 Å². The van der Waals surface area contributed by atoms with Crippen molar-refractivity contribution >= 4 is 16.9 Å². The number of hydrogen-bond acceptors (Lipinski definition) is 3. The molecule has 1 aliphatic heterocycles. The Kier molecular flexibility index (Phi) is 4.45. The molecule has 0 spiro atoms. The maximum Gasteiger partial charge on any atom is 0.141 e. The number of benzene rings is 1. The lowest BCUT2D eigenvalue weighted by Gasteiger charge is -2.36. The molecule has 0 bridgehead atoms. The average Bonchev–Trinajstić information content (AvgIpc) is 3.03. The van der Waals surface area contributed by atoms with Crippen LogP contribution in [0.2, 0.25) is 0 Å². The van der Waals surface area contributed by atoms with Crippen LogP contribution in [0.4, 0.5) is 5.82 Å². The molecule has 0 amide bonds. The molecule has 25 heavy (non-hydrogen) atoms. The second kappa shape index (κ2) is 6.89. The summed E-state index contributed by atoms with van der Waals surface area (Å²) in [7, 11) is 0. The number of fused-ring (bicyclic) bond motifs is 1. The fraction of sp³-hybridized carbons (Fsp3) is 0.381. The molecule has 0 unspecified atom stereocenters. The smallest absolute Gasteiger partial charge is 0.141 e. The van der Waals surface area contributed by atoms with Gasteiger partial charge in [-0.25, -0.2) is 4.98 Å². The van der Waals surface area contributed by atoms with E-state index in [1.54, 1.807) is 0 Å². The Balaban J connectivity index is 1.51. The fourth-order valence-corrected chi connectivity index (χ4v) is 3.77. The van der Waals surface area contributed by atoms with Crippen LogP contribution < -0.4 is 4.90 Å². The summed E-state index contributed by atoms with van der Waals surface area (Å²) >= 11 is 0. The number of aromatic nitrogens is 2. The van der Waals surface area contributed by atoms with Crippen LogP contribution in [-0.4, -0.2) is 40.6 Å². The molecule has 2 aromatic heterocycles. The van der Waals surface area contributed by atoms with Gasteiger partial charge in [0.05, 0.1) is 0 Å². The van der Waals surface area contributed by atoms with Crippen LogP contribution in [0.1, 0.15) is 25.5 Å². The van der Waals surface area contributed by atoms with Gasteiger partial charge in [0.1, 0.15) is 11.5 Å². The molecule has 4 nitrogen and oxygen atoms in total. The van der Waals surface area contributed by atoms with Gasteiger partial charge < -0.3 is 9.47 Å². The highest BCUT2D eigenvalue weighted by Gasteiger charge is 2.22. The molecule has 0 atom stereocenters. The first-order valence-electron chi connectivity index (χ1n) is 9.19. The Morgan fingerprint density at radius 2 is 1.72 bits per heavy atom. The van der Waals surface area contributed by atoms with Gasteiger partial charge >= 0.3 is 0 Å². The van der Waals surface area contributed by atoms with E-state index in [1.807, 2.05) is 12.3 Å². The molecule has 0 aliphatic carbocycles. The van der Waals surface area contributed by atoms with E-state index in [0.29, 0.717) is 6.04 Å². The SMILES string of the molecule is CC(C)n1c(N2CCN(Cc3ccccc3)CC2)cc2cccnc21. The molecule has 0 saturated carbocycles. The quantitative estimate of drug-likeness (QED) is 0.722. The van der Waals surface area contributed by atoms with Crippen molar-refractivity contribution in [1.82, 2.24) is 14.5 Å². The zero-order valence-corrected chi connectivity index (χ0v) is 15.1. The summed E-state index contributed by atoms with van der Waals surface area (Å²) in [6, 6.07) is 17.7. The van der Waals surface area contributed by atoms with E-state index in [4.69, 9.17) is 0 Å². The van der Waals surface area contributed by atoms with Crippen molar-refractivity contribution in [3.8, 4) is 0 Å². The Hall–Kier alpha value is -2.33. The molecular weight excluding hydrogens is 308 g/mol. The first-order valence-corrected chi connectivity index (χ1v) is 9.19. The van der Waals surface area contributed by atoms with Crippen molar-refractivity contribution in [3.05, 3.63) is 60.3 Å². The summed E-state index contributed by atoms with van der Waals surface area (Å²) in [5, 5.41) is 1.23. The Morgan fingerprint density at radius 1 is 0.960 bits per heavy atom. The van der Waals surface area contributed by atoms with Crippen molar-refractivity contribution in [2.75, 3.05) is 31.1 Å². The minimum Gasteiger partial charge on any atom is -0.355 e. The number of hydrogen-bond donors (Lipinski definition) is 0. The van der Waals surface area contributed by atoms with Crippen LogP contribution in [0.5, 0.6) is 0 Å². The van der Waals surface area contributed by atoms with Gasteiger partial charge in [0.25, 0.3) is 0 Å². The maximum absolute atomic E-state index is 4.61. The predicted molar refractivity (Wildman–Crippen MR) is 104 cm³/mol. The second-order valence-corrected chi connectivity index (χ2v) is 7.13. The molecular formula is C21H26N4. The van der Waals surface area contributed by atoms with Gasteiger partial charge in [0.15, 0.2) is 0 Å². The van der Waals surface area contributed by atoms with Crippen molar-refractivity contribution < 1.29 is 0 Å². The van der Waals surface area contributed by atoms with E-state index in [-0.39, 0.29) is 0 Å². The maximum atomic E-state index is 4.61. The molecule has 1 aromatic carbocycles. The van der Waals surface area contributed by atoms with Crippen molar-refractivity contribution in [3.63, 3.8) is 0 Å². The third-order valence-electron chi connectivity index (χ3n) is 5.04. The number of anilines is 1. The van der Waals surface area contributed by atoms with E-state index in [1.165, 1.54) is 16.8 Å². The number of pyridine rings is 1. The van der Waals surface area contributed by atoms with Gasteiger partial charge in [-0.2, -0.15) is 0 Å². The summed E-state index contributed by atoms with van der Waals surface area (Å²) in [5.74, 6) is 1.31. The topological polar surface area (TPSA) is 24.3 Å². The molecule has 1 saturated heterocycles. The molecule has 0 N–H and O–H groups in total. The van der Waals surface area contributed by atoms with Crippen LogP contribution in [-0.2, 0) is 6.54 Å². The fourth-order valence-electron chi connectivity index (χ4n) is 3.77. The van der Waals surface area contributed by atoms with Crippen molar-refractivity contribution in [2.45, 2.75) is 26.4 Å². The highest BCUT2D eigenvalue weighted by Crippen LogP contribution is 2.29. The van der Waals surface area contributed by atoms with E-state index in [9.17, 15) is 0 Å². The Bertz CT molecular complexity index is 829. The van der Waals surface area contributed by atoms with Gasteiger partial charge in [-0.05, 0) is 37.6 Å². The highest BCUT2D eigenvalue weighted by molar-refractivity contribution is 5.82. The van der Waals surface area contributed by atoms with Crippen LogP contribution >= 0.6 is 0 Å². The van der Waals surface area contributed by atoms with Crippen LogP contribution in [0.25, 0.3) is 11.0 Å². The molecule has 130 valence electrons. The number of rotatable bonds is 4. The molecule has 1 fully saturated rings. The molecule has 0 radical (unpaired) electrons. The van der Waals surface area contributed by atoms with Gasteiger partial charge in [-0.3, -0.25) is 4.90 Å². The molecule has 3 aromatic rings. The summed E-state index contributed by atoms with van der Waals surface area (Å²) in [6.45, 7) is 9.85. The first kappa shape index (κ1) is 16.2. The molecule has 1 aliphatic rings. The molecule has 3 heterocycles. The normalized spacial score (nSPS) is 16.0. The van der Waals surface area contributed by atoms with E-state index in [0.717, 1.165) is 38.4 Å². The van der Waals surface area contributed by atoms with Gasteiger partial charge in [0, 0.05) is 50.3 Å². The lowest BCUT2D eigenvalue weighted by Crippen LogP contribution is -2.46. The summed E-state index contributed by atoms with van der Waals surface area (Å²) in [6.07, 6.45) is 1.89. The predicted octanol–water partition coefficient (Wildman–Crippen LogP) is 3.94. The molecule has 4 rings (SSSR count). The zero-order chi connectivity index (χ0) is 17.2. The highest BCUT2D eigenvalue weighted by atomic mass is 15.3. The van der Waals surface area contributed by atoms with Crippen molar-refractivity contribution in [1.29, 1.82) is 0 Å². The largest absolute Gasteiger partial charge is 0.355 e. The van der Waals surface area contributed by atoms with Crippen LogP contribution in [0.15, 0.2) is 54.7 Å². The van der Waals surface area contributed by atoms with Gasteiger partial charge in [-0.1, -0.05) is 30.3 Å². The van der Waals surface area contributed by atoms with E-state index < -0.39 is 0 Å². The summed E-state index contributed by atoms with van der Waals surface area (Å²) in [5.41, 5.74) is 2.50. The standard InChI is InChI=1S/C21H26N4/c1-17(2)25-20(15-19-9-6-10-22-21(19)25)24-13-11-23(12-14-24)16-18-7-4-3-5-8-18/h3-10,15,17H,11-14,16H2,1-2H3. The zero-order valence-electron chi connectivity index (χ0n) is 15.1. The summed E-state index contributed by atoms with van der Waals surface area (Å²) < 4.78 is 2.38. The lowest BCUT2D eigenvalue weighted by molar-refractivity contribution is 0.248. The monoisotopic (exact) mass is 334 g/mol. The van der Waals surface area contributed by atoms with E-state index in [2.05, 4.69) is 75.7 Å². The van der Waals surface area contributed by atoms with Crippen molar-refractivity contribution in [2.24, 2.45) is 0 Å². The Morgan fingerprint density at radius 3 is 2.44 bits per heavy atom. The Labute approximate surface area is 149 Å². The third-order valence-corrected chi connectivity index (χ3v) is 5.04. The third kappa shape index (κ3) is 3.27. The number of piperazine rings is 1. The average molecular weight is 334 g/mol. The van der Waals surface area contributed by atoms with Crippen LogP contribution in [0.3, 0.4) is 0 Å². The second-order valence-electron chi connectivity index (χ2n) is 7.13. The summed E-state index contributed by atoms with van der Waals surface area (Å²) in [4.78, 5) is 9.68.